The first-order valence-electron chi connectivity index (χ1n) is 8.90. The van der Waals surface area contributed by atoms with Gasteiger partial charge in [0.25, 0.3) is 5.91 Å². The monoisotopic (exact) mass is 398 g/mol. The van der Waals surface area contributed by atoms with Crippen LogP contribution in [0, 0.1) is 6.92 Å². The highest BCUT2D eigenvalue weighted by molar-refractivity contribution is 7.16. The summed E-state index contributed by atoms with van der Waals surface area (Å²) in [7, 11) is 1.34. The number of amides is 1. The van der Waals surface area contributed by atoms with Gasteiger partial charge < -0.3 is 14.0 Å². The normalized spacial score (nSPS) is 11.8. The predicted octanol–water partition coefficient (Wildman–Crippen LogP) is 3.71. The molecule has 7 heteroatoms. The van der Waals surface area contributed by atoms with Crippen molar-refractivity contribution in [3.63, 3.8) is 0 Å². The zero-order valence-corrected chi connectivity index (χ0v) is 17.1. The first-order valence-corrected chi connectivity index (χ1v) is 9.71. The molecule has 1 amide bonds. The Morgan fingerprint density at radius 1 is 1.14 bits per heavy atom. The fourth-order valence-electron chi connectivity index (χ4n) is 2.71. The summed E-state index contributed by atoms with van der Waals surface area (Å²) in [5, 5.41) is 0. The SMILES string of the molecule is COC(=O)Cn1c(=NC(=O)c2ccc(OC(C)C)cc2)sc2cc(C)ccc21. The van der Waals surface area contributed by atoms with Gasteiger partial charge in [-0.3, -0.25) is 9.59 Å². The smallest absolute Gasteiger partial charge is 0.325 e. The van der Waals surface area contributed by atoms with Gasteiger partial charge in [0, 0.05) is 5.56 Å². The molecular weight excluding hydrogens is 376 g/mol. The number of rotatable bonds is 5. The number of nitrogens with zero attached hydrogens (tertiary/aromatic N) is 2. The lowest BCUT2D eigenvalue weighted by atomic mass is 10.2. The van der Waals surface area contributed by atoms with Crippen LogP contribution in [0.4, 0.5) is 0 Å². The maximum Gasteiger partial charge on any atom is 0.325 e. The van der Waals surface area contributed by atoms with E-state index in [1.54, 1.807) is 28.8 Å². The van der Waals surface area contributed by atoms with Crippen LogP contribution in [0.2, 0.25) is 0 Å². The van der Waals surface area contributed by atoms with Crippen molar-refractivity contribution in [1.29, 1.82) is 0 Å². The lowest BCUT2D eigenvalue weighted by molar-refractivity contribution is -0.141. The molecule has 6 nitrogen and oxygen atoms in total. The number of carbonyl (C=O) groups excluding carboxylic acids is 2. The van der Waals surface area contributed by atoms with E-state index in [9.17, 15) is 9.59 Å². The number of benzene rings is 2. The highest BCUT2D eigenvalue weighted by Gasteiger charge is 2.13. The van der Waals surface area contributed by atoms with E-state index in [-0.39, 0.29) is 18.6 Å². The second-order valence-corrected chi connectivity index (χ2v) is 7.64. The van der Waals surface area contributed by atoms with Gasteiger partial charge in [0.15, 0.2) is 4.80 Å². The van der Waals surface area contributed by atoms with Crippen molar-refractivity contribution < 1.29 is 19.1 Å². The lowest BCUT2D eigenvalue weighted by Gasteiger charge is -2.09. The first kappa shape index (κ1) is 19.8. The van der Waals surface area contributed by atoms with Gasteiger partial charge in [-0.25, -0.2) is 0 Å². The standard InChI is InChI=1S/C21H22N2O4S/c1-13(2)27-16-8-6-15(7-9-16)20(25)22-21-23(12-19(24)26-4)17-10-5-14(3)11-18(17)28-21/h5-11,13H,12H2,1-4H3. The fraction of sp³-hybridized carbons (Fsp3) is 0.286. The molecule has 0 aliphatic carbocycles. The second kappa shape index (κ2) is 8.39. The van der Waals surface area contributed by atoms with Gasteiger partial charge in [0.2, 0.25) is 0 Å². The van der Waals surface area contributed by atoms with Gasteiger partial charge in [-0.1, -0.05) is 17.4 Å². The number of ether oxygens (including phenoxy) is 2. The number of fused-ring (bicyclic) bond motifs is 1. The Kier molecular flexibility index (Phi) is 5.94. The van der Waals surface area contributed by atoms with E-state index in [1.165, 1.54) is 18.4 Å². The Morgan fingerprint density at radius 2 is 1.86 bits per heavy atom. The molecule has 0 aliphatic rings. The lowest BCUT2D eigenvalue weighted by Crippen LogP contribution is -2.22. The van der Waals surface area contributed by atoms with Gasteiger partial charge >= 0.3 is 5.97 Å². The zero-order valence-electron chi connectivity index (χ0n) is 16.3. The first-order chi connectivity index (χ1) is 13.4. The van der Waals surface area contributed by atoms with Crippen LogP contribution in [0.15, 0.2) is 47.5 Å². The van der Waals surface area contributed by atoms with Gasteiger partial charge in [-0.15, -0.1) is 0 Å². The van der Waals surface area contributed by atoms with Crippen LogP contribution in [0.1, 0.15) is 29.8 Å². The molecule has 0 bridgehead atoms. The maximum absolute atomic E-state index is 12.7. The minimum absolute atomic E-state index is 0.00710. The molecule has 28 heavy (non-hydrogen) atoms. The van der Waals surface area contributed by atoms with E-state index in [1.807, 2.05) is 39.0 Å². The van der Waals surface area contributed by atoms with Crippen LogP contribution in [0.25, 0.3) is 10.2 Å². The highest BCUT2D eigenvalue weighted by atomic mass is 32.1. The van der Waals surface area contributed by atoms with Gasteiger partial charge in [0.05, 0.1) is 23.4 Å². The molecule has 0 saturated heterocycles. The van der Waals surface area contributed by atoms with E-state index in [0.29, 0.717) is 16.1 Å². The number of hydrogen-bond acceptors (Lipinski definition) is 5. The van der Waals surface area contributed by atoms with Crippen molar-refractivity contribution in [2.75, 3.05) is 7.11 Å². The molecule has 0 spiro atoms. The van der Waals surface area contributed by atoms with E-state index in [0.717, 1.165) is 15.8 Å². The molecule has 2 aromatic carbocycles. The summed E-state index contributed by atoms with van der Waals surface area (Å²) in [5.41, 5.74) is 2.39. The molecule has 0 aliphatic heterocycles. The van der Waals surface area contributed by atoms with E-state index >= 15 is 0 Å². The average molecular weight is 398 g/mol. The summed E-state index contributed by atoms with van der Waals surface area (Å²) in [6.45, 7) is 5.87. The summed E-state index contributed by atoms with van der Waals surface area (Å²) in [5.74, 6) is -0.0769. The van der Waals surface area contributed by atoms with Crippen molar-refractivity contribution in [3.8, 4) is 5.75 Å². The largest absolute Gasteiger partial charge is 0.491 e. The molecule has 3 rings (SSSR count). The Bertz CT molecular complexity index is 1080. The molecule has 1 aromatic heterocycles. The number of aromatic nitrogens is 1. The number of aryl methyl sites for hydroxylation is 1. The van der Waals surface area contributed by atoms with Crippen LogP contribution in [-0.4, -0.2) is 29.7 Å². The van der Waals surface area contributed by atoms with Crippen LogP contribution in [0.5, 0.6) is 5.75 Å². The van der Waals surface area contributed by atoms with E-state index < -0.39 is 5.97 Å². The molecule has 146 valence electrons. The third-order valence-corrected chi connectivity index (χ3v) is 5.06. The van der Waals surface area contributed by atoms with Gasteiger partial charge in [0.1, 0.15) is 12.3 Å². The third kappa shape index (κ3) is 4.48. The molecule has 0 N–H and O–H groups in total. The van der Waals surface area contributed by atoms with E-state index in [2.05, 4.69) is 4.99 Å². The zero-order chi connectivity index (χ0) is 20.3. The van der Waals surface area contributed by atoms with Crippen molar-refractivity contribution in [2.24, 2.45) is 4.99 Å². The summed E-state index contributed by atoms with van der Waals surface area (Å²) in [6.07, 6.45) is 0.0607. The third-order valence-electron chi connectivity index (χ3n) is 4.02. The summed E-state index contributed by atoms with van der Waals surface area (Å²) in [6, 6.07) is 12.8. The summed E-state index contributed by atoms with van der Waals surface area (Å²) < 4.78 is 13.1. The Labute approximate surface area is 167 Å². The van der Waals surface area contributed by atoms with Crippen LogP contribution in [-0.2, 0) is 16.1 Å². The molecule has 0 unspecified atom stereocenters. The van der Waals surface area contributed by atoms with Crippen LogP contribution in [0.3, 0.4) is 0 Å². The Morgan fingerprint density at radius 3 is 2.50 bits per heavy atom. The summed E-state index contributed by atoms with van der Waals surface area (Å²) >= 11 is 1.37. The van der Waals surface area contributed by atoms with Crippen molar-refractivity contribution in [2.45, 2.75) is 33.4 Å². The minimum Gasteiger partial charge on any atom is -0.491 e. The predicted molar refractivity (Wildman–Crippen MR) is 109 cm³/mol. The number of carbonyl (C=O) groups is 2. The molecule has 1 heterocycles. The number of thiazole rings is 1. The molecule has 0 radical (unpaired) electrons. The van der Waals surface area contributed by atoms with Gasteiger partial charge in [-0.2, -0.15) is 4.99 Å². The molecule has 0 atom stereocenters. The molecule has 3 aromatic rings. The Hall–Kier alpha value is -2.93. The van der Waals surface area contributed by atoms with Crippen molar-refractivity contribution in [1.82, 2.24) is 4.57 Å². The molecule has 0 fully saturated rings. The molecular formula is C21H22N2O4S. The van der Waals surface area contributed by atoms with E-state index in [4.69, 9.17) is 9.47 Å². The van der Waals surface area contributed by atoms with Gasteiger partial charge in [-0.05, 0) is 62.7 Å². The fourth-order valence-corrected chi connectivity index (χ4v) is 3.84. The second-order valence-electron chi connectivity index (χ2n) is 6.63. The highest BCUT2D eigenvalue weighted by Crippen LogP contribution is 2.19. The Balaban J connectivity index is 2.01. The topological polar surface area (TPSA) is 69.9 Å². The number of methoxy groups -OCH3 is 1. The quantitative estimate of drug-likeness (QED) is 0.615. The van der Waals surface area contributed by atoms with Crippen molar-refractivity contribution >= 4 is 33.4 Å². The van der Waals surface area contributed by atoms with Crippen molar-refractivity contribution in [3.05, 3.63) is 58.4 Å². The number of esters is 1. The van der Waals surface area contributed by atoms with Crippen LogP contribution < -0.4 is 9.54 Å². The minimum atomic E-state index is -0.399. The van der Waals surface area contributed by atoms with Crippen LogP contribution >= 0.6 is 11.3 Å². The maximum atomic E-state index is 12.7. The summed E-state index contributed by atoms with van der Waals surface area (Å²) in [4.78, 5) is 29.2. The molecule has 0 saturated carbocycles. The average Bonchev–Trinajstić information content (AvgIpc) is 2.97. The number of hydrogen-bond donors (Lipinski definition) is 0.